The highest BCUT2D eigenvalue weighted by molar-refractivity contribution is 7.80. The molecule has 0 spiro atoms. The van der Waals surface area contributed by atoms with Crippen molar-refractivity contribution < 1.29 is 18.4 Å². The minimum atomic E-state index is -0.409. The van der Waals surface area contributed by atoms with Gasteiger partial charge in [-0.2, -0.15) is 4.98 Å². The lowest BCUT2D eigenvalue weighted by atomic mass is 9.94. The number of aromatic nitrogens is 2. The summed E-state index contributed by atoms with van der Waals surface area (Å²) in [5, 5.41) is 8.12. The minimum Gasteiger partial charge on any atom is -0.454 e. The fraction of sp³-hybridized carbons (Fsp3) is 0.115. The van der Waals surface area contributed by atoms with E-state index in [0.717, 1.165) is 28.1 Å². The van der Waals surface area contributed by atoms with Gasteiger partial charge in [-0.1, -0.05) is 35.5 Å². The predicted molar refractivity (Wildman–Crippen MR) is 132 cm³/mol. The van der Waals surface area contributed by atoms with E-state index in [1.54, 1.807) is 12.1 Å². The molecule has 9 heteroatoms. The van der Waals surface area contributed by atoms with Crippen molar-refractivity contribution in [2.45, 2.75) is 13.0 Å². The molecule has 3 aromatic carbocycles. The molecule has 0 saturated heterocycles. The first kappa shape index (κ1) is 21.3. The topological polar surface area (TPSA) is 72.6 Å². The van der Waals surface area contributed by atoms with Crippen LogP contribution in [0.25, 0.3) is 17.0 Å². The lowest BCUT2D eigenvalue weighted by Gasteiger charge is -2.37. The van der Waals surface area contributed by atoms with Crippen LogP contribution in [0.5, 0.6) is 11.5 Å². The Bertz CT molecular complexity index is 1450. The first-order chi connectivity index (χ1) is 17.1. The first-order valence-electron chi connectivity index (χ1n) is 10.9. The number of hydrogen-bond acceptors (Lipinski definition) is 6. The number of para-hydroxylation sites is 1. The Balaban J connectivity index is 1.47. The maximum atomic E-state index is 13.7. The third kappa shape index (κ3) is 3.79. The second-order valence-corrected chi connectivity index (χ2v) is 8.48. The maximum Gasteiger partial charge on any atom is 0.258 e. The van der Waals surface area contributed by atoms with Gasteiger partial charge in [0.1, 0.15) is 5.82 Å². The molecule has 0 radical (unpaired) electrons. The lowest BCUT2D eigenvalue weighted by molar-refractivity contribution is 0.174. The SMILES string of the molecule is CC1=C(c2nc(-c3ccc4c(c3)OCO4)no2)C(c2ccc(F)cc2)NC(=S)N1c1ccccc1. The number of nitrogens with one attached hydrogen (secondary N) is 1. The summed E-state index contributed by atoms with van der Waals surface area (Å²) < 4.78 is 30.3. The molecule has 35 heavy (non-hydrogen) atoms. The zero-order chi connectivity index (χ0) is 23.9. The van der Waals surface area contributed by atoms with Crippen molar-refractivity contribution in [2.24, 2.45) is 0 Å². The van der Waals surface area contributed by atoms with Crippen LogP contribution < -0.4 is 19.7 Å². The molecule has 1 atom stereocenters. The van der Waals surface area contributed by atoms with E-state index in [2.05, 4.69) is 10.5 Å². The van der Waals surface area contributed by atoms with Crippen molar-refractivity contribution in [1.82, 2.24) is 15.5 Å². The molecule has 4 aromatic rings. The summed E-state index contributed by atoms with van der Waals surface area (Å²) in [4.78, 5) is 6.64. The van der Waals surface area contributed by atoms with Crippen LogP contribution in [0.2, 0.25) is 0 Å². The minimum absolute atomic E-state index is 0.183. The van der Waals surface area contributed by atoms with E-state index in [0.29, 0.717) is 28.3 Å². The second-order valence-electron chi connectivity index (χ2n) is 8.10. The van der Waals surface area contributed by atoms with Crippen molar-refractivity contribution in [3.05, 3.63) is 95.8 Å². The van der Waals surface area contributed by atoms with Gasteiger partial charge in [0, 0.05) is 16.9 Å². The van der Waals surface area contributed by atoms with Crippen LogP contribution in [0.15, 0.2) is 83.0 Å². The molecule has 2 aliphatic heterocycles. The molecular formula is C26H19FN4O3S. The number of nitrogens with zero attached hydrogens (tertiary/aromatic N) is 3. The number of allylic oxidation sites excluding steroid dienone is 1. The molecule has 0 aliphatic carbocycles. The molecule has 3 heterocycles. The zero-order valence-electron chi connectivity index (χ0n) is 18.6. The fourth-order valence-electron chi connectivity index (χ4n) is 4.30. The number of fused-ring (bicyclic) bond motifs is 1. The van der Waals surface area contributed by atoms with E-state index in [9.17, 15) is 4.39 Å². The number of ether oxygens (including phenoxy) is 2. The van der Waals surface area contributed by atoms with Gasteiger partial charge < -0.3 is 19.3 Å². The summed E-state index contributed by atoms with van der Waals surface area (Å²) in [7, 11) is 0. The molecule has 7 nitrogen and oxygen atoms in total. The van der Waals surface area contributed by atoms with Gasteiger partial charge in [-0.15, -0.1) is 0 Å². The van der Waals surface area contributed by atoms with Crippen LogP contribution in [0.1, 0.15) is 24.4 Å². The summed E-state index contributed by atoms with van der Waals surface area (Å²) in [5.41, 5.74) is 4.02. The van der Waals surface area contributed by atoms with Gasteiger partial charge in [-0.3, -0.25) is 4.90 Å². The average molecular weight is 487 g/mol. The van der Waals surface area contributed by atoms with Gasteiger partial charge >= 0.3 is 0 Å². The molecule has 1 aromatic heterocycles. The number of halogens is 1. The van der Waals surface area contributed by atoms with Crippen LogP contribution in [0.3, 0.4) is 0 Å². The van der Waals surface area contributed by atoms with Crippen molar-refractivity contribution in [2.75, 3.05) is 11.7 Å². The maximum absolute atomic E-state index is 13.7. The van der Waals surface area contributed by atoms with E-state index in [1.807, 2.05) is 60.4 Å². The third-order valence-corrected chi connectivity index (χ3v) is 6.29. The summed E-state index contributed by atoms with van der Waals surface area (Å²) in [6, 6.07) is 21.1. The number of anilines is 1. The highest BCUT2D eigenvalue weighted by Crippen LogP contribution is 2.40. The largest absolute Gasteiger partial charge is 0.454 e. The summed E-state index contributed by atoms with van der Waals surface area (Å²) in [5.74, 6) is 1.74. The van der Waals surface area contributed by atoms with E-state index >= 15 is 0 Å². The van der Waals surface area contributed by atoms with Gasteiger partial charge in [-0.05, 0) is 67.2 Å². The number of rotatable bonds is 4. The van der Waals surface area contributed by atoms with Gasteiger partial charge in [0.05, 0.1) is 11.6 Å². The Hall–Kier alpha value is -4.24. The van der Waals surface area contributed by atoms with E-state index in [4.69, 9.17) is 31.2 Å². The second kappa shape index (κ2) is 8.52. The molecule has 174 valence electrons. The van der Waals surface area contributed by atoms with Crippen LogP contribution in [-0.2, 0) is 0 Å². The predicted octanol–water partition coefficient (Wildman–Crippen LogP) is 5.47. The van der Waals surface area contributed by atoms with Gasteiger partial charge in [0.25, 0.3) is 5.89 Å². The molecule has 1 unspecified atom stereocenters. The zero-order valence-corrected chi connectivity index (χ0v) is 19.4. The van der Waals surface area contributed by atoms with Crippen molar-refractivity contribution in [3.63, 3.8) is 0 Å². The quantitative estimate of drug-likeness (QED) is 0.381. The van der Waals surface area contributed by atoms with E-state index in [1.165, 1.54) is 12.1 Å². The van der Waals surface area contributed by atoms with Gasteiger partial charge in [-0.25, -0.2) is 4.39 Å². The van der Waals surface area contributed by atoms with Crippen molar-refractivity contribution >= 4 is 28.6 Å². The monoisotopic (exact) mass is 486 g/mol. The smallest absolute Gasteiger partial charge is 0.258 e. The van der Waals surface area contributed by atoms with E-state index in [-0.39, 0.29) is 12.6 Å². The van der Waals surface area contributed by atoms with Crippen LogP contribution in [0, 0.1) is 5.82 Å². The molecule has 6 rings (SSSR count). The highest BCUT2D eigenvalue weighted by Gasteiger charge is 2.35. The van der Waals surface area contributed by atoms with Crippen LogP contribution in [-0.4, -0.2) is 22.0 Å². The molecule has 1 N–H and O–H groups in total. The third-order valence-electron chi connectivity index (χ3n) is 5.99. The molecular weight excluding hydrogens is 467 g/mol. The summed E-state index contributed by atoms with van der Waals surface area (Å²) in [6.45, 7) is 2.14. The number of thiocarbonyl (C=S) groups is 1. The Morgan fingerprint density at radius 1 is 1.00 bits per heavy atom. The van der Waals surface area contributed by atoms with Crippen LogP contribution in [0.4, 0.5) is 10.1 Å². The Labute approximate surface area is 205 Å². The van der Waals surface area contributed by atoms with Gasteiger partial charge in [0.15, 0.2) is 16.6 Å². The molecule has 0 saturated carbocycles. The highest BCUT2D eigenvalue weighted by atomic mass is 32.1. The fourth-order valence-corrected chi connectivity index (χ4v) is 4.66. The normalized spacial score (nSPS) is 17.0. The molecule has 2 aliphatic rings. The Kier molecular flexibility index (Phi) is 5.18. The lowest BCUT2D eigenvalue weighted by Crippen LogP contribution is -2.46. The van der Waals surface area contributed by atoms with Crippen LogP contribution >= 0.6 is 12.2 Å². The van der Waals surface area contributed by atoms with Crippen molar-refractivity contribution in [3.8, 4) is 22.9 Å². The Morgan fingerprint density at radius 3 is 2.57 bits per heavy atom. The average Bonchev–Trinajstić information content (AvgIpc) is 3.54. The number of hydrogen-bond donors (Lipinski definition) is 1. The molecule has 0 amide bonds. The first-order valence-corrected chi connectivity index (χ1v) is 11.4. The Morgan fingerprint density at radius 2 is 1.77 bits per heavy atom. The standard InChI is InChI=1S/C26H19FN4O3S/c1-15-22(25-29-24(30-34-25)17-9-12-20-21(13-17)33-14-32-20)23(16-7-10-18(27)11-8-16)28-26(35)31(15)19-5-3-2-4-6-19/h2-13,23H,14H2,1H3,(H,28,35). The summed E-state index contributed by atoms with van der Waals surface area (Å²) >= 11 is 5.73. The molecule has 0 bridgehead atoms. The van der Waals surface area contributed by atoms with E-state index < -0.39 is 6.04 Å². The summed E-state index contributed by atoms with van der Waals surface area (Å²) in [6.07, 6.45) is 0. The van der Waals surface area contributed by atoms with Crippen molar-refractivity contribution in [1.29, 1.82) is 0 Å². The van der Waals surface area contributed by atoms with Gasteiger partial charge in [0.2, 0.25) is 12.6 Å². The number of benzene rings is 3. The molecule has 0 fully saturated rings.